The first-order chi connectivity index (χ1) is 8.92. The number of rotatable bonds is 5. The van der Waals surface area contributed by atoms with E-state index >= 15 is 0 Å². The lowest BCUT2D eigenvalue weighted by atomic mass is 9.99. The third kappa shape index (κ3) is 3.13. The van der Waals surface area contributed by atoms with Gasteiger partial charge in [0.25, 0.3) is 0 Å². The van der Waals surface area contributed by atoms with Gasteiger partial charge >= 0.3 is 5.97 Å². The van der Waals surface area contributed by atoms with Gasteiger partial charge in [-0.3, -0.25) is 9.59 Å². The largest absolute Gasteiger partial charge is 0.481 e. The molecule has 2 atom stereocenters. The van der Waals surface area contributed by atoms with E-state index in [9.17, 15) is 14.7 Å². The highest BCUT2D eigenvalue weighted by Crippen LogP contribution is 2.51. The molecule has 2 rings (SSSR count). The Kier molecular flexibility index (Phi) is 3.60. The highest BCUT2D eigenvalue weighted by atomic mass is 16.4. The van der Waals surface area contributed by atoms with Gasteiger partial charge in [-0.1, -0.05) is 44.2 Å². The Balaban J connectivity index is 1.96. The van der Waals surface area contributed by atoms with Gasteiger partial charge in [0.1, 0.15) is 0 Å². The molecule has 2 N–H and O–H groups in total. The topological polar surface area (TPSA) is 66.4 Å². The van der Waals surface area contributed by atoms with Gasteiger partial charge in [-0.25, -0.2) is 0 Å². The van der Waals surface area contributed by atoms with Gasteiger partial charge in [-0.15, -0.1) is 0 Å². The first-order valence-electron chi connectivity index (χ1n) is 6.47. The predicted molar refractivity (Wildman–Crippen MR) is 71.7 cm³/mol. The molecule has 0 heterocycles. The second kappa shape index (κ2) is 5.03. The summed E-state index contributed by atoms with van der Waals surface area (Å²) in [5, 5.41) is 12.0. The summed E-state index contributed by atoms with van der Waals surface area (Å²) >= 11 is 0. The van der Waals surface area contributed by atoms with Crippen molar-refractivity contribution in [1.29, 1.82) is 0 Å². The number of carbonyl (C=O) groups is 2. The Labute approximate surface area is 112 Å². The first kappa shape index (κ1) is 13.6. The van der Waals surface area contributed by atoms with Crippen LogP contribution in [0.2, 0.25) is 0 Å². The molecule has 1 fully saturated rings. The number of carboxylic acid groups (broad SMARTS) is 1. The molecule has 0 aliphatic heterocycles. The van der Waals surface area contributed by atoms with Gasteiger partial charge in [0.05, 0.1) is 5.92 Å². The van der Waals surface area contributed by atoms with E-state index in [1.807, 2.05) is 19.9 Å². The summed E-state index contributed by atoms with van der Waals surface area (Å²) in [6, 6.07) is 8.99. The molecule has 1 aliphatic rings. The summed E-state index contributed by atoms with van der Waals surface area (Å²) in [6.45, 7) is 4.23. The number of carboxylic acids is 1. The van der Waals surface area contributed by atoms with Crippen molar-refractivity contribution in [3.63, 3.8) is 0 Å². The molecular formula is C15H19NO3. The number of aliphatic carboxylic acids is 1. The molecule has 0 radical (unpaired) electrons. The number of nitrogens with one attached hydrogen (secondary N) is 1. The highest BCUT2D eigenvalue weighted by molar-refractivity contribution is 5.83. The zero-order valence-corrected chi connectivity index (χ0v) is 11.2. The number of carbonyl (C=O) groups excluding carboxylic acids is 1. The fourth-order valence-electron chi connectivity index (χ4n) is 2.27. The molecule has 4 nitrogen and oxygen atoms in total. The molecule has 1 saturated carbocycles. The van der Waals surface area contributed by atoms with E-state index < -0.39 is 11.9 Å². The van der Waals surface area contributed by atoms with E-state index in [1.54, 1.807) is 24.3 Å². The van der Waals surface area contributed by atoms with Crippen LogP contribution in [-0.2, 0) is 9.59 Å². The second-order valence-electron chi connectivity index (χ2n) is 5.79. The Hall–Kier alpha value is -1.84. The fraction of sp³-hybridized carbons (Fsp3) is 0.467. The van der Waals surface area contributed by atoms with Gasteiger partial charge in [-0.2, -0.15) is 0 Å². The third-order valence-electron chi connectivity index (χ3n) is 3.81. The minimum Gasteiger partial charge on any atom is -0.481 e. The molecule has 4 heteroatoms. The van der Waals surface area contributed by atoms with E-state index in [1.165, 1.54) is 0 Å². The Bertz CT molecular complexity index is 481. The molecule has 1 aromatic rings. The van der Waals surface area contributed by atoms with Crippen molar-refractivity contribution >= 4 is 11.9 Å². The molecule has 102 valence electrons. The average Bonchev–Trinajstić information content (AvgIpc) is 2.99. The lowest BCUT2D eigenvalue weighted by Crippen LogP contribution is -2.33. The quantitative estimate of drug-likeness (QED) is 0.852. The summed E-state index contributed by atoms with van der Waals surface area (Å²) in [6.07, 6.45) is 0.877. The molecule has 1 aliphatic carbocycles. The second-order valence-corrected chi connectivity index (χ2v) is 5.79. The van der Waals surface area contributed by atoms with Crippen LogP contribution in [0.15, 0.2) is 30.3 Å². The summed E-state index contributed by atoms with van der Waals surface area (Å²) in [5.41, 5.74) is 0.778. The molecule has 0 spiro atoms. The molecule has 0 bridgehead atoms. The smallest absolute Gasteiger partial charge is 0.312 e. The van der Waals surface area contributed by atoms with E-state index in [-0.39, 0.29) is 23.8 Å². The van der Waals surface area contributed by atoms with Crippen molar-refractivity contribution in [1.82, 2.24) is 5.32 Å². The minimum absolute atomic E-state index is 0.0257. The number of hydrogen-bond donors (Lipinski definition) is 2. The van der Waals surface area contributed by atoms with Gasteiger partial charge in [0.15, 0.2) is 0 Å². The minimum atomic E-state index is -0.915. The zero-order valence-electron chi connectivity index (χ0n) is 11.2. The van der Waals surface area contributed by atoms with Crippen LogP contribution in [0.4, 0.5) is 0 Å². The van der Waals surface area contributed by atoms with Crippen LogP contribution in [0.5, 0.6) is 0 Å². The lowest BCUT2D eigenvalue weighted by molar-refractivity contribution is -0.138. The van der Waals surface area contributed by atoms with Gasteiger partial charge in [0, 0.05) is 12.5 Å². The monoisotopic (exact) mass is 261 g/mol. The lowest BCUT2D eigenvalue weighted by Gasteiger charge is -2.14. The van der Waals surface area contributed by atoms with Gasteiger partial charge in [-0.05, 0) is 17.4 Å². The summed E-state index contributed by atoms with van der Waals surface area (Å²) in [5.74, 6) is -1.61. The van der Waals surface area contributed by atoms with Crippen LogP contribution < -0.4 is 5.32 Å². The van der Waals surface area contributed by atoms with Crippen LogP contribution in [0.3, 0.4) is 0 Å². The van der Waals surface area contributed by atoms with Crippen LogP contribution >= 0.6 is 0 Å². The van der Waals surface area contributed by atoms with Crippen molar-refractivity contribution in [2.45, 2.75) is 26.2 Å². The number of amides is 1. The van der Waals surface area contributed by atoms with Crippen LogP contribution in [0.1, 0.15) is 31.7 Å². The van der Waals surface area contributed by atoms with Crippen molar-refractivity contribution in [3.8, 4) is 0 Å². The molecule has 0 aromatic heterocycles. The maximum atomic E-state index is 11.9. The maximum Gasteiger partial charge on any atom is 0.312 e. The van der Waals surface area contributed by atoms with Crippen molar-refractivity contribution in [2.24, 2.45) is 11.3 Å². The van der Waals surface area contributed by atoms with Crippen LogP contribution in [0, 0.1) is 11.3 Å². The molecule has 1 aromatic carbocycles. The highest BCUT2D eigenvalue weighted by Gasteiger charge is 2.50. The molecule has 1 unspecified atom stereocenters. The van der Waals surface area contributed by atoms with Crippen molar-refractivity contribution in [2.75, 3.05) is 6.54 Å². The first-order valence-corrected chi connectivity index (χ1v) is 6.47. The Morgan fingerprint density at radius 2 is 1.95 bits per heavy atom. The molecular weight excluding hydrogens is 242 g/mol. The van der Waals surface area contributed by atoms with Crippen LogP contribution in [-0.4, -0.2) is 23.5 Å². The van der Waals surface area contributed by atoms with Crippen molar-refractivity contribution < 1.29 is 14.7 Å². The van der Waals surface area contributed by atoms with Crippen molar-refractivity contribution in [3.05, 3.63) is 35.9 Å². The zero-order chi connectivity index (χ0) is 14.0. The van der Waals surface area contributed by atoms with Crippen LogP contribution in [0.25, 0.3) is 0 Å². The summed E-state index contributed by atoms with van der Waals surface area (Å²) in [4.78, 5) is 23.1. The van der Waals surface area contributed by atoms with E-state index in [0.717, 1.165) is 6.42 Å². The Morgan fingerprint density at radius 1 is 1.37 bits per heavy atom. The number of benzene rings is 1. The maximum absolute atomic E-state index is 11.9. The summed E-state index contributed by atoms with van der Waals surface area (Å²) < 4.78 is 0. The van der Waals surface area contributed by atoms with E-state index in [4.69, 9.17) is 0 Å². The molecule has 19 heavy (non-hydrogen) atoms. The summed E-state index contributed by atoms with van der Waals surface area (Å²) in [7, 11) is 0. The third-order valence-corrected chi connectivity index (χ3v) is 3.81. The van der Waals surface area contributed by atoms with E-state index in [2.05, 4.69) is 5.32 Å². The average molecular weight is 261 g/mol. The van der Waals surface area contributed by atoms with Gasteiger partial charge < -0.3 is 10.4 Å². The molecule has 1 amide bonds. The fourth-order valence-corrected chi connectivity index (χ4v) is 2.27. The standard InChI is InChI=1S/C15H19NO3/c1-15(2)8-12(15)13(17)16-9-11(14(18)19)10-6-4-3-5-7-10/h3-7,11-12H,8-9H2,1-2H3,(H,16,17)(H,18,19)/t11?,12-/m1/s1. The van der Waals surface area contributed by atoms with E-state index in [0.29, 0.717) is 5.56 Å². The van der Waals surface area contributed by atoms with Gasteiger partial charge in [0.2, 0.25) is 5.91 Å². The SMILES string of the molecule is CC1(C)C[C@@H]1C(=O)NCC(C(=O)O)c1ccccc1. The molecule has 0 saturated heterocycles. The Morgan fingerprint density at radius 3 is 2.42 bits per heavy atom. The normalized spacial score (nSPS) is 21.5. The number of hydrogen-bond acceptors (Lipinski definition) is 2. The predicted octanol–water partition coefficient (Wildman–Crippen LogP) is 2.02.